The third-order valence-electron chi connectivity index (χ3n) is 5.32. The molecule has 0 amide bonds. The molecular formula is C23H32N4O3. The van der Waals surface area contributed by atoms with Gasteiger partial charge in [-0.1, -0.05) is 20.8 Å². The van der Waals surface area contributed by atoms with Crippen molar-refractivity contribution in [3.05, 3.63) is 29.6 Å². The van der Waals surface area contributed by atoms with Crippen LogP contribution >= 0.6 is 0 Å². The Balaban J connectivity index is 1.94. The van der Waals surface area contributed by atoms with Gasteiger partial charge in [-0.25, -0.2) is 9.97 Å². The predicted octanol–water partition coefficient (Wildman–Crippen LogP) is 3.23. The zero-order valence-electron chi connectivity index (χ0n) is 18.6. The van der Waals surface area contributed by atoms with Crippen LogP contribution in [-0.2, 0) is 17.6 Å². The second kappa shape index (κ2) is 9.08. The summed E-state index contributed by atoms with van der Waals surface area (Å²) in [4.78, 5) is 28.8. The highest BCUT2D eigenvalue weighted by Crippen LogP contribution is 2.32. The summed E-state index contributed by atoms with van der Waals surface area (Å²) >= 11 is 0. The summed E-state index contributed by atoms with van der Waals surface area (Å²) in [6, 6.07) is 3.25. The molecule has 1 N–H and O–H groups in total. The van der Waals surface area contributed by atoms with Gasteiger partial charge in [0.05, 0.1) is 12.6 Å². The smallest absolute Gasteiger partial charge is 0.180 e. The van der Waals surface area contributed by atoms with E-state index in [9.17, 15) is 4.79 Å². The number of aliphatic hydroxyl groups excluding tert-OH is 1. The number of fused-ring (bicyclic) bond motifs is 1. The SMILES string of the molecule is C[C@H](C(=O)CC(C)(C)C)N(C)c1nc(-c2cc(OCCO)ccn2)nc2c1CCC2. The van der Waals surface area contributed by atoms with Crippen LogP contribution in [0.1, 0.15) is 51.8 Å². The van der Waals surface area contributed by atoms with E-state index >= 15 is 0 Å². The molecule has 1 aliphatic carbocycles. The molecule has 2 heterocycles. The summed E-state index contributed by atoms with van der Waals surface area (Å²) in [5.41, 5.74) is 2.72. The van der Waals surface area contributed by atoms with Crippen LogP contribution in [0.2, 0.25) is 0 Å². The Bertz CT molecular complexity index is 908. The summed E-state index contributed by atoms with van der Waals surface area (Å²) < 4.78 is 5.50. The Hall–Kier alpha value is -2.54. The second-order valence-electron chi connectivity index (χ2n) is 9.09. The lowest BCUT2D eigenvalue weighted by molar-refractivity contribution is -0.121. The molecule has 2 aromatic rings. The van der Waals surface area contributed by atoms with Crippen LogP contribution in [0.15, 0.2) is 18.3 Å². The first kappa shape index (κ1) is 22.2. The number of rotatable bonds is 8. The number of pyridine rings is 1. The first-order valence-electron chi connectivity index (χ1n) is 10.5. The summed E-state index contributed by atoms with van der Waals surface area (Å²) in [6.45, 7) is 8.35. The van der Waals surface area contributed by atoms with Crippen LogP contribution < -0.4 is 9.64 Å². The molecule has 0 aliphatic heterocycles. The van der Waals surface area contributed by atoms with Gasteiger partial charge >= 0.3 is 0 Å². The highest BCUT2D eigenvalue weighted by Gasteiger charge is 2.28. The van der Waals surface area contributed by atoms with Gasteiger partial charge in [0.15, 0.2) is 11.6 Å². The number of carbonyl (C=O) groups is 1. The summed E-state index contributed by atoms with van der Waals surface area (Å²) in [5, 5.41) is 8.99. The molecule has 0 fully saturated rings. The zero-order valence-corrected chi connectivity index (χ0v) is 18.6. The van der Waals surface area contributed by atoms with Crippen molar-refractivity contribution < 1.29 is 14.6 Å². The number of carbonyl (C=O) groups excluding carboxylic acids is 1. The van der Waals surface area contributed by atoms with Crippen LogP contribution in [0.3, 0.4) is 0 Å². The average Bonchev–Trinajstić information content (AvgIpc) is 3.18. The molecule has 162 valence electrons. The summed E-state index contributed by atoms with van der Waals surface area (Å²) in [7, 11) is 1.93. The number of anilines is 1. The maximum absolute atomic E-state index is 12.8. The van der Waals surface area contributed by atoms with E-state index in [1.807, 2.05) is 18.9 Å². The molecule has 0 bridgehead atoms. The van der Waals surface area contributed by atoms with E-state index in [1.54, 1.807) is 18.3 Å². The van der Waals surface area contributed by atoms with Crippen molar-refractivity contribution in [1.82, 2.24) is 15.0 Å². The fraction of sp³-hybridized carbons (Fsp3) is 0.565. The number of ketones is 1. The topological polar surface area (TPSA) is 88.4 Å². The Kier molecular flexibility index (Phi) is 6.71. The third kappa shape index (κ3) is 5.14. The minimum atomic E-state index is -0.274. The molecule has 0 radical (unpaired) electrons. The Morgan fingerprint density at radius 2 is 2.07 bits per heavy atom. The van der Waals surface area contributed by atoms with Gasteiger partial charge in [0.2, 0.25) is 0 Å². The van der Waals surface area contributed by atoms with Gasteiger partial charge in [-0.05, 0) is 37.7 Å². The van der Waals surface area contributed by atoms with Crippen molar-refractivity contribution in [2.45, 2.75) is 59.4 Å². The molecule has 0 saturated heterocycles. The number of hydrogen-bond acceptors (Lipinski definition) is 7. The first-order valence-corrected chi connectivity index (χ1v) is 10.5. The zero-order chi connectivity index (χ0) is 21.9. The number of ether oxygens (including phenoxy) is 1. The lowest BCUT2D eigenvalue weighted by atomic mass is 9.88. The number of hydrogen-bond donors (Lipinski definition) is 1. The van der Waals surface area contributed by atoms with Crippen LogP contribution in [0.5, 0.6) is 5.75 Å². The largest absolute Gasteiger partial charge is 0.491 e. The second-order valence-corrected chi connectivity index (χ2v) is 9.09. The molecule has 0 unspecified atom stereocenters. The van der Waals surface area contributed by atoms with Gasteiger partial charge in [-0.2, -0.15) is 0 Å². The Morgan fingerprint density at radius 1 is 1.30 bits per heavy atom. The normalized spacial score (nSPS) is 14.3. The molecule has 0 spiro atoms. The lowest BCUT2D eigenvalue weighted by Gasteiger charge is -2.29. The number of aryl methyl sites for hydroxylation is 1. The van der Waals surface area contributed by atoms with Crippen molar-refractivity contribution >= 4 is 11.6 Å². The fourth-order valence-electron chi connectivity index (χ4n) is 3.68. The number of aromatic nitrogens is 3. The third-order valence-corrected chi connectivity index (χ3v) is 5.32. The van der Waals surface area contributed by atoms with Gasteiger partial charge in [0, 0.05) is 37.0 Å². The minimum Gasteiger partial charge on any atom is -0.491 e. The highest BCUT2D eigenvalue weighted by molar-refractivity contribution is 5.87. The van der Waals surface area contributed by atoms with Crippen LogP contribution in [-0.4, -0.2) is 52.1 Å². The van der Waals surface area contributed by atoms with Crippen LogP contribution in [0.25, 0.3) is 11.5 Å². The van der Waals surface area contributed by atoms with E-state index in [1.165, 1.54) is 0 Å². The van der Waals surface area contributed by atoms with Crippen LogP contribution in [0.4, 0.5) is 5.82 Å². The highest BCUT2D eigenvalue weighted by atomic mass is 16.5. The quantitative estimate of drug-likeness (QED) is 0.712. The molecule has 0 saturated carbocycles. The van der Waals surface area contributed by atoms with E-state index in [0.717, 1.165) is 36.3 Å². The van der Waals surface area contributed by atoms with E-state index in [4.69, 9.17) is 19.8 Å². The maximum Gasteiger partial charge on any atom is 0.180 e. The standard InChI is InChI=1S/C23H32N4O3/c1-15(20(29)14-23(2,3)4)27(5)22-17-7-6-8-18(17)25-21(26-22)19-13-16(9-10-24-19)30-12-11-28/h9-10,13,15,28H,6-8,11-12,14H2,1-5H3/t15-/m1/s1. The summed E-state index contributed by atoms with van der Waals surface area (Å²) in [6.07, 6.45) is 5.02. The number of nitrogens with zero attached hydrogens (tertiary/aromatic N) is 4. The number of aliphatic hydroxyl groups is 1. The van der Waals surface area contributed by atoms with Crippen molar-refractivity contribution in [1.29, 1.82) is 0 Å². The Morgan fingerprint density at radius 3 is 2.77 bits per heavy atom. The molecule has 3 rings (SSSR count). The van der Waals surface area contributed by atoms with Crippen molar-refractivity contribution in [2.24, 2.45) is 5.41 Å². The predicted molar refractivity (Wildman–Crippen MR) is 117 cm³/mol. The van der Waals surface area contributed by atoms with E-state index in [0.29, 0.717) is 23.7 Å². The summed E-state index contributed by atoms with van der Waals surface area (Å²) in [5.74, 6) is 2.16. The van der Waals surface area contributed by atoms with E-state index in [-0.39, 0.29) is 30.5 Å². The minimum absolute atomic E-state index is 0.0517. The first-order chi connectivity index (χ1) is 14.2. The van der Waals surface area contributed by atoms with Gasteiger partial charge in [0.1, 0.15) is 23.9 Å². The number of likely N-dealkylation sites (N-methyl/N-ethyl adjacent to an activating group) is 1. The van der Waals surface area contributed by atoms with Gasteiger partial charge in [-0.15, -0.1) is 0 Å². The van der Waals surface area contributed by atoms with Crippen molar-refractivity contribution in [3.63, 3.8) is 0 Å². The molecule has 1 atom stereocenters. The van der Waals surface area contributed by atoms with Gasteiger partial charge in [0.25, 0.3) is 0 Å². The van der Waals surface area contributed by atoms with Crippen LogP contribution in [0, 0.1) is 5.41 Å². The average molecular weight is 413 g/mol. The molecular weight excluding hydrogens is 380 g/mol. The van der Waals surface area contributed by atoms with Crippen molar-refractivity contribution in [2.75, 3.05) is 25.2 Å². The molecule has 2 aromatic heterocycles. The lowest BCUT2D eigenvalue weighted by Crippen LogP contribution is -2.38. The maximum atomic E-state index is 12.8. The number of Topliss-reactive ketones (excluding diaryl/α,β-unsaturated/α-hetero) is 1. The molecule has 1 aliphatic rings. The fourth-order valence-corrected chi connectivity index (χ4v) is 3.68. The monoisotopic (exact) mass is 412 g/mol. The van der Waals surface area contributed by atoms with Gasteiger partial charge < -0.3 is 14.7 Å². The molecule has 30 heavy (non-hydrogen) atoms. The Labute approximate surface area is 178 Å². The van der Waals surface area contributed by atoms with E-state index in [2.05, 4.69) is 25.8 Å². The molecule has 7 heteroatoms. The van der Waals surface area contributed by atoms with Crippen molar-refractivity contribution in [3.8, 4) is 17.3 Å². The van der Waals surface area contributed by atoms with E-state index < -0.39 is 0 Å². The van der Waals surface area contributed by atoms with Gasteiger partial charge in [-0.3, -0.25) is 9.78 Å². The molecule has 0 aromatic carbocycles. The molecule has 7 nitrogen and oxygen atoms in total.